The van der Waals surface area contributed by atoms with E-state index in [-0.39, 0.29) is 5.75 Å². The molecule has 0 atom stereocenters. The number of carbonyl (C=O) groups excluding carboxylic acids is 2. The highest BCUT2D eigenvalue weighted by molar-refractivity contribution is 9.10. The SMILES string of the molecule is C#Cc1ccc(N(c2ccccc2)c2ccccc2)cc1.O=Cc1ccc(O)c(Br)c1.O=Cc1ccc2oc(-c3ccc(N(c4ccccc4)c4ccccc4)cc3)cc2c1. The van der Waals surface area contributed by atoms with Gasteiger partial charge < -0.3 is 19.3 Å². The molecular formula is C54H39BrN2O4. The summed E-state index contributed by atoms with van der Waals surface area (Å²) in [5, 5.41) is 9.90. The average Bonchev–Trinajstić information content (AvgIpc) is 3.76. The Morgan fingerprint density at radius 1 is 0.492 bits per heavy atom. The topological polar surface area (TPSA) is 74.0 Å². The molecular weight excluding hydrogens is 821 g/mol. The van der Waals surface area contributed by atoms with Gasteiger partial charge in [-0.1, -0.05) is 78.7 Å². The Balaban J connectivity index is 0.000000156. The van der Waals surface area contributed by atoms with E-state index in [0.717, 1.165) is 74.6 Å². The first-order chi connectivity index (χ1) is 29.9. The molecule has 0 saturated carbocycles. The van der Waals surface area contributed by atoms with Gasteiger partial charge in [0.2, 0.25) is 0 Å². The minimum Gasteiger partial charge on any atom is -0.507 e. The molecule has 1 aromatic heterocycles. The van der Waals surface area contributed by atoms with Crippen LogP contribution in [0, 0.1) is 12.3 Å². The van der Waals surface area contributed by atoms with Crippen molar-refractivity contribution in [2.45, 2.75) is 0 Å². The third kappa shape index (κ3) is 10.4. The minimum absolute atomic E-state index is 0.144. The summed E-state index contributed by atoms with van der Waals surface area (Å²) in [7, 11) is 0. The van der Waals surface area contributed by atoms with Crippen molar-refractivity contribution in [3.8, 4) is 29.4 Å². The predicted molar refractivity (Wildman–Crippen MR) is 252 cm³/mol. The summed E-state index contributed by atoms with van der Waals surface area (Å²) < 4.78 is 6.53. The highest BCUT2D eigenvalue weighted by atomic mass is 79.9. The van der Waals surface area contributed by atoms with E-state index in [0.29, 0.717) is 15.6 Å². The van der Waals surface area contributed by atoms with E-state index in [9.17, 15) is 9.59 Å². The van der Waals surface area contributed by atoms with Gasteiger partial charge in [0, 0.05) is 61.8 Å². The monoisotopic (exact) mass is 858 g/mol. The van der Waals surface area contributed by atoms with Crippen molar-refractivity contribution >= 4 is 73.6 Å². The van der Waals surface area contributed by atoms with Crippen LogP contribution in [0.25, 0.3) is 22.3 Å². The van der Waals surface area contributed by atoms with Gasteiger partial charge in [-0.3, -0.25) is 9.59 Å². The van der Waals surface area contributed by atoms with Crippen LogP contribution in [0.1, 0.15) is 26.3 Å². The lowest BCUT2D eigenvalue weighted by atomic mass is 10.1. The summed E-state index contributed by atoms with van der Waals surface area (Å²) in [5.74, 6) is 3.58. The molecule has 8 aromatic carbocycles. The van der Waals surface area contributed by atoms with E-state index in [1.54, 1.807) is 18.2 Å². The zero-order valence-electron chi connectivity index (χ0n) is 32.9. The van der Waals surface area contributed by atoms with E-state index in [4.69, 9.17) is 15.9 Å². The predicted octanol–water partition coefficient (Wildman–Crippen LogP) is 14.5. The molecule has 9 aromatic rings. The highest BCUT2D eigenvalue weighted by Gasteiger charge is 2.14. The van der Waals surface area contributed by atoms with Gasteiger partial charge in [0.15, 0.2) is 0 Å². The number of nitrogens with zero attached hydrogens (tertiary/aromatic N) is 2. The number of phenols is 1. The second kappa shape index (κ2) is 20.2. The van der Waals surface area contributed by atoms with Crippen LogP contribution in [-0.2, 0) is 0 Å². The third-order valence-corrected chi connectivity index (χ3v) is 10.2. The van der Waals surface area contributed by atoms with Crippen LogP contribution in [0.5, 0.6) is 5.75 Å². The first-order valence-corrected chi connectivity index (χ1v) is 20.1. The van der Waals surface area contributed by atoms with Gasteiger partial charge in [-0.2, -0.15) is 0 Å². The first kappa shape index (κ1) is 41.2. The first-order valence-electron chi connectivity index (χ1n) is 19.3. The number of fused-ring (bicyclic) bond motifs is 1. The molecule has 0 amide bonds. The maximum absolute atomic E-state index is 11.0. The van der Waals surface area contributed by atoms with Crippen molar-refractivity contribution in [2.75, 3.05) is 9.80 Å². The number of anilines is 6. The zero-order valence-corrected chi connectivity index (χ0v) is 34.5. The number of aldehydes is 2. The molecule has 9 rings (SSSR count). The summed E-state index contributed by atoms with van der Waals surface area (Å²) in [4.78, 5) is 25.6. The van der Waals surface area contributed by atoms with E-state index >= 15 is 0 Å². The second-order valence-electron chi connectivity index (χ2n) is 13.6. The molecule has 0 aliphatic rings. The molecule has 1 N–H and O–H groups in total. The number of benzene rings is 8. The fourth-order valence-electron chi connectivity index (χ4n) is 6.56. The molecule has 0 fully saturated rings. The molecule has 61 heavy (non-hydrogen) atoms. The van der Waals surface area contributed by atoms with Crippen molar-refractivity contribution in [1.29, 1.82) is 0 Å². The van der Waals surface area contributed by atoms with Crippen LogP contribution in [0.3, 0.4) is 0 Å². The summed E-state index contributed by atoms with van der Waals surface area (Å²) in [6.07, 6.45) is 7.01. The van der Waals surface area contributed by atoms with E-state index in [1.165, 1.54) is 6.07 Å². The lowest BCUT2D eigenvalue weighted by Gasteiger charge is -2.25. The molecule has 0 aliphatic carbocycles. The Morgan fingerprint density at radius 2 is 0.902 bits per heavy atom. The smallest absolute Gasteiger partial charge is 0.150 e. The lowest BCUT2D eigenvalue weighted by Crippen LogP contribution is -2.09. The van der Waals surface area contributed by atoms with E-state index < -0.39 is 0 Å². The maximum atomic E-state index is 11.0. The number of carbonyl (C=O) groups is 2. The number of aromatic hydroxyl groups is 1. The number of phenolic OH excluding ortho intramolecular Hbond substituents is 1. The molecule has 6 nitrogen and oxygen atoms in total. The number of para-hydroxylation sites is 4. The number of rotatable bonds is 9. The Bertz CT molecular complexity index is 2780. The van der Waals surface area contributed by atoms with Gasteiger partial charge in [0.05, 0.1) is 4.47 Å². The number of halogens is 1. The summed E-state index contributed by atoms with van der Waals surface area (Å²) in [5.41, 5.74) is 10.4. The van der Waals surface area contributed by atoms with Crippen LogP contribution >= 0.6 is 15.9 Å². The molecule has 1 heterocycles. The maximum Gasteiger partial charge on any atom is 0.150 e. The summed E-state index contributed by atoms with van der Waals surface area (Å²) in [6, 6.07) is 69.6. The molecule has 296 valence electrons. The fraction of sp³-hybridized carbons (Fsp3) is 0. The Hall–Kier alpha value is -7.92. The fourth-order valence-corrected chi connectivity index (χ4v) is 6.95. The normalized spacial score (nSPS) is 10.2. The number of hydrogen-bond donors (Lipinski definition) is 1. The molecule has 7 heteroatoms. The molecule has 0 bridgehead atoms. The van der Waals surface area contributed by atoms with Gasteiger partial charge in [-0.05, 0) is 155 Å². The van der Waals surface area contributed by atoms with Gasteiger partial charge in [-0.15, -0.1) is 6.42 Å². The van der Waals surface area contributed by atoms with Crippen LogP contribution in [0.2, 0.25) is 0 Å². The van der Waals surface area contributed by atoms with Crippen molar-refractivity contribution in [2.24, 2.45) is 0 Å². The zero-order chi connectivity index (χ0) is 42.4. The minimum atomic E-state index is 0.144. The third-order valence-electron chi connectivity index (χ3n) is 9.54. The van der Waals surface area contributed by atoms with Crippen molar-refractivity contribution < 1.29 is 19.1 Å². The Morgan fingerprint density at radius 3 is 1.33 bits per heavy atom. The van der Waals surface area contributed by atoms with Crippen LogP contribution in [0.15, 0.2) is 221 Å². The van der Waals surface area contributed by atoms with Crippen molar-refractivity contribution in [3.05, 3.63) is 233 Å². The molecule has 0 saturated heterocycles. The highest BCUT2D eigenvalue weighted by Crippen LogP contribution is 2.37. The number of hydrogen-bond acceptors (Lipinski definition) is 6. The quantitative estimate of drug-likeness (QED) is 0.115. The summed E-state index contributed by atoms with van der Waals surface area (Å²) >= 11 is 3.08. The average molecular weight is 860 g/mol. The number of terminal acetylenes is 1. The Kier molecular flexibility index (Phi) is 13.6. The largest absolute Gasteiger partial charge is 0.507 e. The van der Waals surface area contributed by atoms with Crippen LogP contribution < -0.4 is 9.80 Å². The molecule has 0 radical (unpaired) electrons. The van der Waals surface area contributed by atoms with E-state index in [2.05, 4.69) is 117 Å². The molecule has 0 spiro atoms. The molecule has 0 aliphatic heterocycles. The van der Waals surface area contributed by atoms with Gasteiger partial charge >= 0.3 is 0 Å². The lowest BCUT2D eigenvalue weighted by molar-refractivity contribution is 0.111. The van der Waals surface area contributed by atoms with Gasteiger partial charge in [0.1, 0.15) is 29.7 Å². The van der Waals surface area contributed by atoms with E-state index in [1.807, 2.05) is 103 Å². The Labute approximate surface area is 363 Å². The standard InChI is InChI=1S/C27H19NO2.C20H15N.C7H5BrO2/c29-19-20-11-16-26-22(17-20)18-27(30-26)21-12-14-25(15-13-21)28(23-7-3-1-4-8-23)24-9-5-2-6-10-24;1-2-17-13-15-20(16-14-17)21(18-9-5-3-6-10-18)19-11-7-4-8-12-19;8-6-3-5(4-9)1-2-7(6)10/h1-19H;1,3-16H;1-4,10H. The van der Waals surface area contributed by atoms with Gasteiger partial charge in [-0.25, -0.2) is 0 Å². The van der Waals surface area contributed by atoms with Crippen molar-refractivity contribution in [3.63, 3.8) is 0 Å². The van der Waals surface area contributed by atoms with Crippen molar-refractivity contribution in [1.82, 2.24) is 0 Å². The second-order valence-corrected chi connectivity index (χ2v) is 14.5. The van der Waals surface area contributed by atoms with Crippen LogP contribution in [0.4, 0.5) is 34.1 Å². The number of furan rings is 1. The van der Waals surface area contributed by atoms with Crippen LogP contribution in [-0.4, -0.2) is 17.7 Å². The molecule has 0 unspecified atom stereocenters. The summed E-state index contributed by atoms with van der Waals surface area (Å²) in [6.45, 7) is 0. The van der Waals surface area contributed by atoms with Gasteiger partial charge in [0.25, 0.3) is 0 Å².